The van der Waals surface area contributed by atoms with E-state index in [1.165, 1.54) is 9.13 Å². The molecule has 0 bridgehead atoms. The van der Waals surface area contributed by atoms with E-state index in [9.17, 15) is 0 Å². The number of hydrogen-bond acceptors (Lipinski definition) is 3. The number of nitrogens with zero attached hydrogens (tertiary/aromatic N) is 1. The SMILES string of the molecule is CNCc1ccc(COc2cccc(I)c2)nc1. The predicted molar refractivity (Wildman–Crippen MR) is 80.5 cm³/mol. The van der Waals surface area contributed by atoms with Gasteiger partial charge in [0.25, 0.3) is 0 Å². The van der Waals surface area contributed by atoms with Crippen LogP contribution in [-0.4, -0.2) is 12.0 Å². The van der Waals surface area contributed by atoms with Crippen LogP contribution < -0.4 is 10.1 Å². The fraction of sp³-hybridized carbons (Fsp3) is 0.214. The number of ether oxygens (including phenoxy) is 1. The molecule has 3 nitrogen and oxygen atoms in total. The maximum atomic E-state index is 5.69. The molecule has 0 unspecified atom stereocenters. The van der Waals surface area contributed by atoms with Crippen LogP contribution in [0.1, 0.15) is 11.3 Å². The van der Waals surface area contributed by atoms with Crippen molar-refractivity contribution < 1.29 is 4.74 Å². The van der Waals surface area contributed by atoms with Gasteiger partial charge in [0.15, 0.2) is 0 Å². The fourth-order valence-electron chi connectivity index (χ4n) is 1.56. The molecule has 0 atom stereocenters. The summed E-state index contributed by atoms with van der Waals surface area (Å²) in [6, 6.07) is 12.1. The molecule has 0 radical (unpaired) electrons. The Balaban J connectivity index is 1.93. The van der Waals surface area contributed by atoms with E-state index in [0.717, 1.165) is 18.0 Å². The molecule has 4 heteroatoms. The third-order valence-electron chi connectivity index (χ3n) is 2.45. The summed E-state index contributed by atoms with van der Waals surface area (Å²) in [4.78, 5) is 4.37. The number of nitrogens with one attached hydrogen (secondary N) is 1. The van der Waals surface area contributed by atoms with Crippen LogP contribution in [0.4, 0.5) is 0 Å². The highest BCUT2D eigenvalue weighted by molar-refractivity contribution is 14.1. The quantitative estimate of drug-likeness (QED) is 0.839. The number of aromatic nitrogens is 1. The monoisotopic (exact) mass is 354 g/mol. The first-order chi connectivity index (χ1) is 8.78. The molecule has 2 rings (SSSR count). The second kappa shape index (κ2) is 6.70. The summed E-state index contributed by atoms with van der Waals surface area (Å²) in [6.07, 6.45) is 1.88. The molecule has 0 aliphatic heterocycles. The molecule has 0 saturated heterocycles. The largest absolute Gasteiger partial charge is 0.487 e. The number of benzene rings is 1. The molecule has 0 saturated carbocycles. The smallest absolute Gasteiger partial charge is 0.130 e. The van der Waals surface area contributed by atoms with Crippen molar-refractivity contribution >= 4 is 22.6 Å². The van der Waals surface area contributed by atoms with Crippen LogP contribution in [0.25, 0.3) is 0 Å². The van der Waals surface area contributed by atoms with Gasteiger partial charge in [-0.2, -0.15) is 0 Å². The minimum Gasteiger partial charge on any atom is -0.487 e. The molecular weight excluding hydrogens is 339 g/mol. The zero-order chi connectivity index (χ0) is 12.8. The van der Waals surface area contributed by atoms with Gasteiger partial charge in [0, 0.05) is 16.3 Å². The molecule has 94 valence electrons. The zero-order valence-corrected chi connectivity index (χ0v) is 12.3. The molecule has 0 aliphatic carbocycles. The molecule has 1 aromatic heterocycles. The van der Waals surface area contributed by atoms with E-state index in [-0.39, 0.29) is 0 Å². The van der Waals surface area contributed by atoms with Crippen molar-refractivity contribution in [3.8, 4) is 5.75 Å². The highest BCUT2D eigenvalue weighted by Crippen LogP contribution is 2.16. The summed E-state index contributed by atoms with van der Waals surface area (Å²) < 4.78 is 6.86. The molecule has 0 aliphatic rings. The molecule has 0 fully saturated rings. The van der Waals surface area contributed by atoms with Gasteiger partial charge in [-0.1, -0.05) is 12.1 Å². The van der Waals surface area contributed by atoms with E-state index >= 15 is 0 Å². The molecule has 0 amide bonds. The van der Waals surface area contributed by atoms with Gasteiger partial charge in [-0.05, 0) is 59.5 Å². The van der Waals surface area contributed by atoms with Crippen molar-refractivity contribution in [3.63, 3.8) is 0 Å². The summed E-state index contributed by atoms with van der Waals surface area (Å²) in [5.41, 5.74) is 2.12. The second-order valence-electron chi connectivity index (χ2n) is 3.93. The lowest BCUT2D eigenvalue weighted by Crippen LogP contribution is -2.06. The van der Waals surface area contributed by atoms with E-state index < -0.39 is 0 Å². The third kappa shape index (κ3) is 3.96. The third-order valence-corrected chi connectivity index (χ3v) is 3.12. The Kier molecular flexibility index (Phi) is 4.95. The van der Waals surface area contributed by atoms with Crippen LogP contribution in [-0.2, 0) is 13.2 Å². The Morgan fingerprint density at radius 1 is 1.28 bits per heavy atom. The molecule has 1 heterocycles. The van der Waals surface area contributed by atoms with E-state index in [4.69, 9.17) is 4.74 Å². The highest BCUT2D eigenvalue weighted by atomic mass is 127. The van der Waals surface area contributed by atoms with Gasteiger partial charge in [-0.3, -0.25) is 4.98 Å². The van der Waals surface area contributed by atoms with Crippen molar-refractivity contribution in [2.75, 3.05) is 7.05 Å². The average Bonchev–Trinajstić information content (AvgIpc) is 2.38. The van der Waals surface area contributed by atoms with Crippen LogP contribution >= 0.6 is 22.6 Å². The van der Waals surface area contributed by atoms with Crippen molar-refractivity contribution in [3.05, 3.63) is 57.4 Å². The van der Waals surface area contributed by atoms with Crippen LogP contribution in [0.5, 0.6) is 5.75 Å². The molecular formula is C14H15IN2O. The summed E-state index contributed by atoms with van der Waals surface area (Å²) in [6.45, 7) is 1.34. The van der Waals surface area contributed by atoms with E-state index in [0.29, 0.717) is 6.61 Å². The lowest BCUT2D eigenvalue weighted by atomic mass is 10.2. The van der Waals surface area contributed by atoms with Gasteiger partial charge < -0.3 is 10.1 Å². The molecule has 1 aromatic carbocycles. The maximum absolute atomic E-state index is 5.69. The summed E-state index contributed by atoms with van der Waals surface area (Å²) in [5, 5.41) is 3.10. The van der Waals surface area contributed by atoms with Gasteiger partial charge >= 0.3 is 0 Å². The van der Waals surface area contributed by atoms with Gasteiger partial charge in [-0.25, -0.2) is 0 Å². The number of rotatable bonds is 5. The summed E-state index contributed by atoms with van der Waals surface area (Å²) in [5.74, 6) is 0.878. The van der Waals surface area contributed by atoms with Crippen molar-refractivity contribution in [1.82, 2.24) is 10.3 Å². The Morgan fingerprint density at radius 2 is 2.17 bits per heavy atom. The van der Waals surface area contributed by atoms with Gasteiger partial charge in [-0.15, -0.1) is 0 Å². The molecule has 1 N–H and O–H groups in total. The summed E-state index contributed by atoms with van der Waals surface area (Å²) >= 11 is 2.27. The lowest BCUT2D eigenvalue weighted by Gasteiger charge is -2.06. The predicted octanol–water partition coefficient (Wildman–Crippen LogP) is 2.98. The van der Waals surface area contributed by atoms with Crippen LogP contribution in [0.3, 0.4) is 0 Å². The maximum Gasteiger partial charge on any atom is 0.130 e. The molecule has 0 spiro atoms. The Bertz CT molecular complexity index is 499. The normalized spacial score (nSPS) is 10.3. The van der Waals surface area contributed by atoms with E-state index in [1.54, 1.807) is 0 Å². The highest BCUT2D eigenvalue weighted by Gasteiger charge is 1.98. The Morgan fingerprint density at radius 3 is 2.83 bits per heavy atom. The van der Waals surface area contributed by atoms with Gasteiger partial charge in [0.05, 0.1) is 5.69 Å². The van der Waals surface area contributed by atoms with Crippen molar-refractivity contribution in [2.24, 2.45) is 0 Å². The molecule has 2 aromatic rings. The van der Waals surface area contributed by atoms with Crippen LogP contribution in [0.2, 0.25) is 0 Å². The minimum absolute atomic E-state index is 0.500. The first-order valence-electron chi connectivity index (χ1n) is 5.74. The first kappa shape index (κ1) is 13.3. The van der Waals surface area contributed by atoms with Crippen molar-refractivity contribution in [2.45, 2.75) is 13.2 Å². The first-order valence-corrected chi connectivity index (χ1v) is 6.82. The zero-order valence-electron chi connectivity index (χ0n) is 10.2. The number of halogens is 1. The lowest BCUT2D eigenvalue weighted by molar-refractivity contribution is 0.301. The number of pyridine rings is 1. The van der Waals surface area contributed by atoms with Crippen LogP contribution in [0, 0.1) is 3.57 Å². The Hall–Kier alpha value is -1.14. The van der Waals surface area contributed by atoms with Crippen molar-refractivity contribution in [1.29, 1.82) is 0 Å². The Labute approximate surface area is 121 Å². The standard InChI is InChI=1S/C14H15IN2O/c1-16-8-11-5-6-13(17-9-11)10-18-14-4-2-3-12(15)7-14/h2-7,9,16H,8,10H2,1H3. The molecule has 18 heavy (non-hydrogen) atoms. The minimum atomic E-state index is 0.500. The topological polar surface area (TPSA) is 34.1 Å². The van der Waals surface area contributed by atoms with E-state index in [2.05, 4.69) is 39.0 Å². The second-order valence-corrected chi connectivity index (χ2v) is 5.18. The van der Waals surface area contributed by atoms with Crippen LogP contribution in [0.15, 0.2) is 42.6 Å². The van der Waals surface area contributed by atoms with E-state index in [1.807, 2.05) is 43.6 Å². The fourth-order valence-corrected chi connectivity index (χ4v) is 2.08. The van der Waals surface area contributed by atoms with Gasteiger partial charge in [0.1, 0.15) is 12.4 Å². The number of hydrogen-bond donors (Lipinski definition) is 1. The van der Waals surface area contributed by atoms with Gasteiger partial charge in [0.2, 0.25) is 0 Å². The average molecular weight is 354 g/mol. The summed E-state index contributed by atoms with van der Waals surface area (Å²) in [7, 11) is 1.92.